The molecule has 0 rings (SSSR count). The molecule has 0 fully saturated rings. The Bertz CT molecular complexity index is 331. The maximum Gasteiger partial charge on any atom is 0.308 e. The van der Waals surface area contributed by atoms with Crippen molar-refractivity contribution in [3.63, 3.8) is 0 Å². The third kappa shape index (κ3) is 7.85. The Morgan fingerprint density at radius 3 is 2.53 bits per heavy atom. The van der Waals surface area contributed by atoms with Gasteiger partial charge in [0.15, 0.2) is 0 Å². The summed E-state index contributed by atoms with van der Waals surface area (Å²) in [6.07, 6.45) is 4.57. The predicted molar refractivity (Wildman–Crippen MR) is 58.9 cm³/mol. The Hall–Kier alpha value is -2.03. The number of carboxylic acids is 1. The van der Waals surface area contributed by atoms with Crippen molar-refractivity contribution in [2.75, 3.05) is 6.61 Å². The molecule has 0 aromatic carbocycles. The normalized spacial score (nSPS) is 11.1. The molecule has 6 heteroatoms. The molecule has 0 bridgehead atoms. The second-order valence-corrected chi connectivity index (χ2v) is 3.19. The highest BCUT2D eigenvalue weighted by atomic mass is 16.5. The first-order valence-corrected chi connectivity index (χ1v) is 5.12. The number of carbonyl (C=O) groups is 3. The highest BCUT2D eigenvalue weighted by molar-refractivity contribution is 5.81. The van der Waals surface area contributed by atoms with E-state index < -0.39 is 23.9 Å². The quantitative estimate of drug-likeness (QED) is 0.480. The Labute approximate surface area is 99.3 Å². The standard InChI is InChI=1S/C11H15NO5/c1-3-8(7-11(16)17-4-2)12-9(13)5-6-10(14)15/h1,8H,4-7H2,2H3,(H,12,13)(H,14,15). The number of hydrogen-bond acceptors (Lipinski definition) is 4. The van der Waals surface area contributed by atoms with Gasteiger partial charge < -0.3 is 15.2 Å². The van der Waals surface area contributed by atoms with Crippen LogP contribution in [0.15, 0.2) is 0 Å². The maximum absolute atomic E-state index is 11.2. The number of amides is 1. The van der Waals surface area contributed by atoms with Gasteiger partial charge >= 0.3 is 11.9 Å². The van der Waals surface area contributed by atoms with Crippen molar-refractivity contribution in [2.24, 2.45) is 0 Å². The van der Waals surface area contributed by atoms with Crippen LogP contribution in [0.4, 0.5) is 0 Å². The predicted octanol–water partition coefficient (Wildman–Crippen LogP) is -0.0776. The fourth-order valence-corrected chi connectivity index (χ4v) is 1.03. The first-order chi connectivity index (χ1) is 7.99. The topological polar surface area (TPSA) is 92.7 Å². The summed E-state index contributed by atoms with van der Waals surface area (Å²) in [5.41, 5.74) is 0. The third-order valence-electron chi connectivity index (χ3n) is 1.78. The van der Waals surface area contributed by atoms with Crippen molar-refractivity contribution in [2.45, 2.75) is 32.2 Å². The maximum atomic E-state index is 11.2. The largest absolute Gasteiger partial charge is 0.481 e. The van der Waals surface area contributed by atoms with Gasteiger partial charge in [0, 0.05) is 6.42 Å². The summed E-state index contributed by atoms with van der Waals surface area (Å²) in [5.74, 6) is 0.157. The third-order valence-corrected chi connectivity index (χ3v) is 1.78. The van der Waals surface area contributed by atoms with E-state index in [-0.39, 0.29) is 25.9 Å². The Morgan fingerprint density at radius 2 is 2.06 bits per heavy atom. The molecule has 0 radical (unpaired) electrons. The lowest BCUT2D eigenvalue weighted by molar-refractivity contribution is -0.143. The van der Waals surface area contributed by atoms with Crippen LogP contribution in [-0.4, -0.2) is 35.6 Å². The van der Waals surface area contributed by atoms with Gasteiger partial charge in [-0.15, -0.1) is 6.42 Å². The van der Waals surface area contributed by atoms with Gasteiger partial charge in [0.1, 0.15) is 6.04 Å². The molecule has 6 nitrogen and oxygen atoms in total. The van der Waals surface area contributed by atoms with Crippen LogP contribution in [0.2, 0.25) is 0 Å². The summed E-state index contributed by atoms with van der Waals surface area (Å²) < 4.78 is 4.67. The highest BCUT2D eigenvalue weighted by Crippen LogP contribution is 1.96. The molecule has 94 valence electrons. The molecule has 0 saturated heterocycles. The van der Waals surface area contributed by atoms with Gasteiger partial charge in [-0.25, -0.2) is 0 Å². The zero-order valence-corrected chi connectivity index (χ0v) is 9.56. The van der Waals surface area contributed by atoms with Crippen molar-refractivity contribution < 1.29 is 24.2 Å². The number of nitrogens with one attached hydrogen (secondary N) is 1. The molecule has 0 heterocycles. The van der Waals surface area contributed by atoms with Gasteiger partial charge in [0.05, 0.1) is 19.4 Å². The van der Waals surface area contributed by atoms with Crippen molar-refractivity contribution in [3.05, 3.63) is 0 Å². The van der Waals surface area contributed by atoms with Gasteiger partial charge in [-0.1, -0.05) is 5.92 Å². The fourth-order valence-electron chi connectivity index (χ4n) is 1.03. The molecule has 0 spiro atoms. The average molecular weight is 241 g/mol. The molecule has 0 saturated carbocycles. The number of esters is 1. The number of carbonyl (C=O) groups excluding carboxylic acids is 2. The molecule has 1 unspecified atom stereocenters. The van der Waals surface area contributed by atoms with Crippen molar-refractivity contribution >= 4 is 17.8 Å². The lowest BCUT2D eigenvalue weighted by Crippen LogP contribution is -2.35. The minimum Gasteiger partial charge on any atom is -0.481 e. The van der Waals surface area contributed by atoms with Gasteiger partial charge in [0.2, 0.25) is 5.91 Å². The fraction of sp³-hybridized carbons (Fsp3) is 0.545. The molecule has 17 heavy (non-hydrogen) atoms. The van der Waals surface area contributed by atoms with Crippen molar-refractivity contribution in [1.29, 1.82) is 0 Å². The zero-order chi connectivity index (χ0) is 13.3. The van der Waals surface area contributed by atoms with Crippen LogP contribution < -0.4 is 5.32 Å². The van der Waals surface area contributed by atoms with Crippen LogP contribution in [-0.2, 0) is 19.1 Å². The van der Waals surface area contributed by atoms with Crippen LogP contribution in [0, 0.1) is 12.3 Å². The summed E-state index contributed by atoms with van der Waals surface area (Å²) in [6.45, 7) is 1.90. The Kier molecular flexibility index (Phi) is 7.19. The molecule has 2 N–H and O–H groups in total. The molecule has 0 aliphatic heterocycles. The van der Waals surface area contributed by atoms with Gasteiger partial charge in [-0.2, -0.15) is 0 Å². The number of hydrogen-bond donors (Lipinski definition) is 2. The number of carboxylic acid groups (broad SMARTS) is 1. The van der Waals surface area contributed by atoms with Gasteiger partial charge in [-0.3, -0.25) is 14.4 Å². The number of ether oxygens (including phenoxy) is 1. The molecular weight excluding hydrogens is 226 g/mol. The Morgan fingerprint density at radius 1 is 1.41 bits per heavy atom. The van der Waals surface area contributed by atoms with Crippen LogP contribution in [0.3, 0.4) is 0 Å². The van der Waals surface area contributed by atoms with E-state index in [1.165, 1.54) is 0 Å². The van der Waals surface area contributed by atoms with Crippen LogP contribution >= 0.6 is 0 Å². The van der Waals surface area contributed by atoms with E-state index in [0.717, 1.165) is 0 Å². The second kappa shape index (κ2) is 8.16. The van der Waals surface area contributed by atoms with E-state index in [4.69, 9.17) is 11.5 Å². The minimum atomic E-state index is -1.07. The molecule has 0 aliphatic rings. The van der Waals surface area contributed by atoms with Crippen molar-refractivity contribution in [1.82, 2.24) is 5.32 Å². The molecule has 1 amide bonds. The number of terminal acetylenes is 1. The molecular formula is C11H15NO5. The van der Waals surface area contributed by atoms with E-state index in [0.29, 0.717) is 0 Å². The van der Waals surface area contributed by atoms with E-state index in [2.05, 4.69) is 16.0 Å². The van der Waals surface area contributed by atoms with E-state index in [9.17, 15) is 14.4 Å². The van der Waals surface area contributed by atoms with Gasteiger partial charge in [0.25, 0.3) is 0 Å². The number of aliphatic carboxylic acids is 1. The van der Waals surface area contributed by atoms with Crippen molar-refractivity contribution in [3.8, 4) is 12.3 Å². The van der Waals surface area contributed by atoms with Crippen LogP contribution in [0.1, 0.15) is 26.2 Å². The van der Waals surface area contributed by atoms with E-state index in [1.807, 2.05) is 0 Å². The lowest BCUT2D eigenvalue weighted by atomic mass is 10.2. The minimum absolute atomic E-state index is 0.122. The van der Waals surface area contributed by atoms with Crippen LogP contribution in [0.25, 0.3) is 0 Å². The summed E-state index contributed by atoms with van der Waals surface area (Å²) >= 11 is 0. The molecule has 0 aromatic rings. The monoisotopic (exact) mass is 241 g/mol. The summed E-state index contributed by atoms with van der Waals surface area (Å²) in [4.78, 5) is 32.6. The SMILES string of the molecule is C#CC(CC(=O)OCC)NC(=O)CCC(=O)O. The van der Waals surface area contributed by atoms with Crippen LogP contribution in [0.5, 0.6) is 0 Å². The first kappa shape index (κ1) is 15.0. The average Bonchev–Trinajstić information content (AvgIpc) is 2.25. The molecule has 1 atom stereocenters. The number of rotatable bonds is 7. The van der Waals surface area contributed by atoms with E-state index >= 15 is 0 Å². The zero-order valence-electron chi connectivity index (χ0n) is 9.56. The summed E-state index contributed by atoms with van der Waals surface area (Å²) in [5, 5.41) is 10.7. The lowest BCUT2D eigenvalue weighted by Gasteiger charge is -2.11. The summed E-state index contributed by atoms with van der Waals surface area (Å²) in [7, 11) is 0. The summed E-state index contributed by atoms with van der Waals surface area (Å²) in [6, 6.07) is -0.768. The smallest absolute Gasteiger partial charge is 0.308 e. The Balaban J connectivity index is 4.05. The molecule has 0 aliphatic carbocycles. The second-order valence-electron chi connectivity index (χ2n) is 3.19. The van der Waals surface area contributed by atoms with Gasteiger partial charge in [-0.05, 0) is 6.92 Å². The first-order valence-electron chi connectivity index (χ1n) is 5.12. The highest BCUT2D eigenvalue weighted by Gasteiger charge is 2.15. The molecule has 0 aromatic heterocycles. The van der Waals surface area contributed by atoms with E-state index in [1.54, 1.807) is 6.92 Å².